The zero-order chi connectivity index (χ0) is 10.7. The first-order valence-electron chi connectivity index (χ1n) is 5.66. The molecule has 15 heavy (non-hydrogen) atoms. The van der Waals surface area contributed by atoms with Crippen LogP contribution in [0.2, 0.25) is 0 Å². The van der Waals surface area contributed by atoms with Crippen molar-refractivity contribution in [2.75, 3.05) is 17.2 Å². The summed E-state index contributed by atoms with van der Waals surface area (Å²) in [5.74, 6) is 1.42. The van der Waals surface area contributed by atoms with E-state index in [1.807, 2.05) is 0 Å². The van der Waals surface area contributed by atoms with E-state index in [0.717, 1.165) is 18.8 Å². The number of rotatable bonds is 2. The number of nitrogens with two attached hydrogens (primary N) is 1. The summed E-state index contributed by atoms with van der Waals surface area (Å²) in [5.41, 5.74) is 5.85. The molecule has 0 radical (unpaired) electrons. The van der Waals surface area contributed by atoms with E-state index >= 15 is 0 Å². The fraction of sp³-hybridized carbons (Fsp3) is 0.636. The highest BCUT2D eigenvalue weighted by Crippen LogP contribution is 2.27. The number of hydrogen-bond acceptors (Lipinski definition) is 4. The highest BCUT2D eigenvalue weighted by Gasteiger charge is 2.23. The van der Waals surface area contributed by atoms with Gasteiger partial charge in [0.1, 0.15) is 0 Å². The lowest BCUT2D eigenvalue weighted by molar-refractivity contribution is 0.447. The Morgan fingerprint density at radius 3 is 2.93 bits per heavy atom. The summed E-state index contributed by atoms with van der Waals surface area (Å²) in [6.07, 6.45) is 8.29. The van der Waals surface area contributed by atoms with E-state index in [9.17, 15) is 0 Å². The first-order valence-corrected chi connectivity index (χ1v) is 5.66. The van der Waals surface area contributed by atoms with Crippen molar-refractivity contribution in [3.63, 3.8) is 0 Å². The van der Waals surface area contributed by atoms with Crippen molar-refractivity contribution in [1.82, 2.24) is 9.97 Å². The first kappa shape index (κ1) is 10.2. The molecule has 2 rings (SSSR count). The summed E-state index contributed by atoms with van der Waals surface area (Å²) < 4.78 is 0. The highest BCUT2D eigenvalue weighted by atomic mass is 15.2. The Balaban J connectivity index is 2.24. The van der Waals surface area contributed by atoms with E-state index in [0.29, 0.717) is 11.9 Å². The Kier molecular flexibility index (Phi) is 3.04. The van der Waals surface area contributed by atoms with Gasteiger partial charge in [0.2, 0.25) is 0 Å². The van der Waals surface area contributed by atoms with Crippen LogP contribution in [-0.2, 0) is 0 Å². The smallest absolute Gasteiger partial charge is 0.171 e. The largest absolute Gasteiger partial charge is 0.381 e. The number of nitrogen functional groups attached to an aromatic ring is 1. The summed E-state index contributed by atoms with van der Waals surface area (Å²) in [6, 6.07) is 0.581. The van der Waals surface area contributed by atoms with Crippen molar-refractivity contribution in [2.24, 2.45) is 0 Å². The molecule has 0 spiro atoms. The number of anilines is 2. The Morgan fingerprint density at radius 1 is 1.40 bits per heavy atom. The van der Waals surface area contributed by atoms with Gasteiger partial charge in [-0.05, 0) is 25.7 Å². The van der Waals surface area contributed by atoms with Crippen molar-refractivity contribution in [2.45, 2.75) is 38.6 Å². The Labute approximate surface area is 90.5 Å². The van der Waals surface area contributed by atoms with Crippen LogP contribution in [-0.4, -0.2) is 22.6 Å². The lowest BCUT2D eigenvalue weighted by Gasteiger charge is -2.36. The molecule has 1 saturated heterocycles. The van der Waals surface area contributed by atoms with Crippen molar-refractivity contribution in [1.29, 1.82) is 0 Å². The number of piperidine rings is 1. The summed E-state index contributed by atoms with van der Waals surface area (Å²) in [4.78, 5) is 10.7. The minimum atomic E-state index is 0.554. The maximum absolute atomic E-state index is 5.85. The number of nitrogens with zero attached hydrogens (tertiary/aromatic N) is 3. The van der Waals surface area contributed by atoms with E-state index < -0.39 is 0 Å². The topological polar surface area (TPSA) is 55.0 Å². The molecule has 4 heteroatoms. The first-order chi connectivity index (χ1) is 7.33. The fourth-order valence-corrected chi connectivity index (χ4v) is 2.27. The van der Waals surface area contributed by atoms with Crippen LogP contribution in [0.25, 0.3) is 0 Å². The van der Waals surface area contributed by atoms with Gasteiger partial charge in [0.25, 0.3) is 0 Å². The molecule has 1 atom stereocenters. The molecule has 2 N–H and O–H groups in total. The summed E-state index contributed by atoms with van der Waals surface area (Å²) in [6.45, 7) is 3.27. The maximum Gasteiger partial charge on any atom is 0.171 e. The monoisotopic (exact) mass is 206 g/mol. The molecular formula is C11H18N4. The van der Waals surface area contributed by atoms with Crippen LogP contribution in [0.3, 0.4) is 0 Å². The average molecular weight is 206 g/mol. The molecule has 1 unspecified atom stereocenters. The van der Waals surface area contributed by atoms with Crippen LogP contribution in [0.15, 0.2) is 12.4 Å². The predicted molar refractivity (Wildman–Crippen MR) is 61.7 cm³/mol. The van der Waals surface area contributed by atoms with Crippen LogP contribution in [0, 0.1) is 0 Å². The van der Waals surface area contributed by atoms with Gasteiger partial charge in [-0.2, -0.15) is 0 Å². The molecular weight excluding hydrogens is 188 g/mol. The second kappa shape index (κ2) is 4.47. The van der Waals surface area contributed by atoms with Gasteiger partial charge in [0.05, 0.1) is 0 Å². The van der Waals surface area contributed by atoms with Crippen LogP contribution in [0.5, 0.6) is 0 Å². The molecule has 1 aromatic heterocycles. The van der Waals surface area contributed by atoms with Gasteiger partial charge in [-0.15, -0.1) is 0 Å². The summed E-state index contributed by atoms with van der Waals surface area (Å²) in [7, 11) is 0. The summed E-state index contributed by atoms with van der Waals surface area (Å²) in [5, 5.41) is 0. The molecule has 1 aliphatic rings. The second-order valence-electron chi connectivity index (χ2n) is 4.02. The van der Waals surface area contributed by atoms with E-state index in [1.165, 1.54) is 19.3 Å². The minimum Gasteiger partial charge on any atom is -0.381 e. The lowest BCUT2D eigenvalue weighted by Crippen LogP contribution is -2.40. The van der Waals surface area contributed by atoms with Crippen molar-refractivity contribution >= 4 is 11.6 Å². The van der Waals surface area contributed by atoms with Crippen molar-refractivity contribution < 1.29 is 0 Å². The van der Waals surface area contributed by atoms with Gasteiger partial charge in [0, 0.05) is 25.0 Å². The fourth-order valence-electron chi connectivity index (χ4n) is 2.27. The van der Waals surface area contributed by atoms with Gasteiger partial charge < -0.3 is 10.6 Å². The van der Waals surface area contributed by atoms with E-state index in [-0.39, 0.29) is 0 Å². The number of hydrogen-bond donors (Lipinski definition) is 1. The third kappa shape index (κ3) is 2.03. The van der Waals surface area contributed by atoms with Gasteiger partial charge in [-0.1, -0.05) is 6.92 Å². The predicted octanol–water partition coefficient (Wildman–Crippen LogP) is 1.83. The quantitative estimate of drug-likeness (QED) is 0.802. The van der Waals surface area contributed by atoms with Crippen molar-refractivity contribution in [3.05, 3.63) is 12.4 Å². The molecule has 2 heterocycles. The van der Waals surface area contributed by atoms with Gasteiger partial charge >= 0.3 is 0 Å². The normalized spacial score (nSPS) is 21.7. The second-order valence-corrected chi connectivity index (χ2v) is 4.02. The summed E-state index contributed by atoms with van der Waals surface area (Å²) >= 11 is 0. The molecule has 1 fully saturated rings. The third-order valence-corrected chi connectivity index (χ3v) is 3.08. The minimum absolute atomic E-state index is 0.554. The molecule has 0 amide bonds. The zero-order valence-electron chi connectivity index (χ0n) is 9.19. The molecule has 82 valence electrons. The van der Waals surface area contributed by atoms with E-state index in [4.69, 9.17) is 5.73 Å². The standard InChI is InChI=1S/C11H18N4/c1-2-9-5-3-4-8-15(9)11-10(12)13-6-7-14-11/h6-7,9H,2-5,8H2,1H3,(H2,12,13). The third-order valence-electron chi connectivity index (χ3n) is 3.08. The molecule has 1 aliphatic heterocycles. The van der Waals surface area contributed by atoms with Crippen LogP contribution >= 0.6 is 0 Å². The van der Waals surface area contributed by atoms with Crippen molar-refractivity contribution in [3.8, 4) is 0 Å². The van der Waals surface area contributed by atoms with Crippen LogP contribution < -0.4 is 10.6 Å². The zero-order valence-corrected chi connectivity index (χ0v) is 9.19. The SMILES string of the molecule is CCC1CCCCN1c1nccnc1N. The maximum atomic E-state index is 5.85. The van der Waals surface area contributed by atoms with Gasteiger partial charge in [0.15, 0.2) is 11.6 Å². The Hall–Kier alpha value is -1.32. The van der Waals surface area contributed by atoms with E-state index in [2.05, 4.69) is 21.8 Å². The molecule has 0 aromatic carbocycles. The molecule has 4 nitrogen and oxygen atoms in total. The van der Waals surface area contributed by atoms with Crippen LogP contribution in [0.4, 0.5) is 11.6 Å². The molecule has 1 aromatic rings. The average Bonchev–Trinajstić information content (AvgIpc) is 2.30. The lowest BCUT2D eigenvalue weighted by atomic mass is 10.0. The van der Waals surface area contributed by atoms with Gasteiger partial charge in [-0.3, -0.25) is 0 Å². The molecule has 0 saturated carbocycles. The Bertz CT molecular complexity index is 326. The molecule has 0 aliphatic carbocycles. The molecule has 0 bridgehead atoms. The van der Waals surface area contributed by atoms with E-state index in [1.54, 1.807) is 12.4 Å². The van der Waals surface area contributed by atoms with Gasteiger partial charge in [-0.25, -0.2) is 9.97 Å². The highest BCUT2D eigenvalue weighted by molar-refractivity contribution is 5.58. The Morgan fingerprint density at radius 2 is 2.20 bits per heavy atom. The number of aromatic nitrogens is 2. The van der Waals surface area contributed by atoms with Crippen LogP contribution in [0.1, 0.15) is 32.6 Å².